The zero-order valence-corrected chi connectivity index (χ0v) is 21.9. The van der Waals surface area contributed by atoms with Crippen molar-refractivity contribution in [3.8, 4) is 0 Å². The number of hydrogen-bond donors (Lipinski definition) is 1. The smallest absolute Gasteiger partial charge is 0.352 e. The molecule has 1 fully saturated rings. The fourth-order valence-corrected chi connectivity index (χ4v) is 4.86. The Bertz CT molecular complexity index is 1640. The molecule has 4 aromatic rings. The molecule has 10 heteroatoms. The van der Waals surface area contributed by atoms with E-state index in [2.05, 4.69) is 10.4 Å². The van der Waals surface area contributed by atoms with Gasteiger partial charge < -0.3 is 10.2 Å². The number of anilines is 1. The van der Waals surface area contributed by atoms with Crippen LogP contribution < -0.4 is 21.5 Å². The molecule has 0 aliphatic carbocycles. The predicted molar refractivity (Wildman–Crippen MR) is 146 cm³/mol. The summed E-state index contributed by atoms with van der Waals surface area (Å²) in [4.78, 5) is 53.5. The van der Waals surface area contributed by atoms with Gasteiger partial charge in [0.2, 0.25) is 11.7 Å². The van der Waals surface area contributed by atoms with E-state index in [1.165, 1.54) is 13.6 Å². The highest BCUT2D eigenvalue weighted by molar-refractivity contribution is 5.98. The van der Waals surface area contributed by atoms with Crippen LogP contribution in [0.2, 0.25) is 0 Å². The van der Waals surface area contributed by atoms with Gasteiger partial charge in [-0.3, -0.25) is 19.0 Å². The lowest BCUT2D eigenvalue weighted by atomic mass is 10.1. The molecule has 3 heterocycles. The van der Waals surface area contributed by atoms with Gasteiger partial charge in [-0.2, -0.15) is 0 Å². The molecule has 1 N–H and O–H groups in total. The maximum atomic E-state index is 13.6. The van der Waals surface area contributed by atoms with Gasteiger partial charge in [0, 0.05) is 37.3 Å². The first kappa shape index (κ1) is 25.4. The van der Waals surface area contributed by atoms with Crippen LogP contribution in [0.15, 0.2) is 52.1 Å². The number of nitrogens with zero attached hydrogens (tertiary/aromatic N) is 5. The first-order valence-electron chi connectivity index (χ1n) is 13.1. The van der Waals surface area contributed by atoms with E-state index in [-0.39, 0.29) is 35.6 Å². The zero-order chi connectivity index (χ0) is 27.0. The van der Waals surface area contributed by atoms with Gasteiger partial charge in [-0.15, -0.1) is 5.10 Å². The Kier molecular flexibility index (Phi) is 6.88. The Morgan fingerprint density at radius 3 is 2.50 bits per heavy atom. The summed E-state index contributed by atoms with van der Waals surface area (Å²) in [5, 5.41) is 7.78. The number of nitrogens with one attached hydrogen (secondary N) is 1. The quantitative estimate of drug-likeness (QED) is 0.387. The maximum Gasteiger partial charge on any atom is 0.352 e. The van der Waals surface area contributed by atoms with E-state index in [4.69, 9.17) is 0 Å². The number of rotatable bonds is 8. The van der Waals surface area contributed by atoms with Crippen molar-refractivity contribution in [2.75, 3.05) is 18.0 Å². The van der Waals surface area contributed by atoms with E-state index in [1.54, 1.807) is 23.1 Å². The molecular weight excluding hydrogens is 484 g/mol. The van der Waals surface area contributed by atoms with Gasteiger partial charge in [0.1, 0.15) is 0 Å². The van der Waals surface area contributed by atoms with Crippen molar-refractivity contribution in [3.63, 3.8) is 0 Å². The minimum atomic E-state index is -0.395. The molecule has 2 amide bonds. The molecule has 0 saturated carbocycles. The fourth-order valence-electron chi connectivity index (χ4n) is 4.86. The minimum Gasteiger partial charge on any atom is -0.352 e. The lowest BCUT2D eigenvalue weighted by molar-refractivity contribution is -0.117. The summed E-state index contributed by atoms with van der Waals surface area (Å²) < 4.78 is 4.27. The summed E-state index contributed by atoms with van der Waals surface area (Å²) in [5.41, 5.74) is 1.76. The van der Waals surface area contributed by atoms with Crippen LogP contribution in [0.3, 0.4) is 0 Å². The summed E-state index contributed by atoms with van der Waals surface area (Å²) in [5.74, 6) is 0.391. The largest absolute Gasteiger partial charge is 0.352 e. The number of fused-ring (bicyclic) bond motifs is 3. The first-order chi connectivity index (χ1) is 18.3. The molecular formula is C28H32N6O4. The van der Waals surface area contributed by atoms with E-state index in [0.717, 1.165) is 17.7 Å². The Labute approximate surface area is 219 Å². The summed E-state index contributed by atoms with van der Waals surface area (Å²) in [6, 6.07) is 12.3. The summed E-state index contributed by atoms with van der Waals surface area (Å²) in [7, 11) is 0. The summed E-state index contributed by atoms with van der Waals surface area (Å²) in [6.45, 7) is 7.81. The van der Waals surface area contributed by atoms with Crippen LogP contribution in [-0.2, 0) is 17.9 Å². The Morgan fingerprint density at radius 1 is 1.08 bits per heavy atom. The van der Waals surface area contributed by atoms with E-state index in [9.17, 15) is 19.2 Å². The Hall–Kier alpha value is -4.21. The lowest BCUT2D eigenvalue weighted by Gasteiger charge is -2.15. The number of carbonyl (C=O) groups is 2. The fraction of sp³-hybridized carbons (Fsp3) is 0.393. The monoisotopic (exact) mass is 516 g/mol. The van der Waals surface area contributed by atoms with E-state index >= 15 is 0 Å². The van der Waals surface area contributed by atoms with Crippen LogP contribution in [0.5, 0.6) is 0 Å². The molecule has 10 nitrogen and oxygen atoms in total. The standard InChI is InChI=1S/C28H32N6O4/c1-4-13-32-26(37)22-12-9-20(25(36)29-16-18(2)3)15-23(22)34-27(32)30-33(28(34)38)17-19-7-10-21(11-8-19)31-14-5-6-24(31)35/h7-12,15,18H,4-6,13-14,16-17H2,1-3H3,(H,29,36). The van der Waals surface area contributed by atoms with Crippen LogP contribution in [0.25, 0.3) is 16.7 Å². The molecule has 0 radical (unpaired) electrons. The highest BCUT2D eigenvalue weighted by atomic mass is 16.2. The number of aromatic nitrogens is 4. The second-order valence-electron chi connectivity index (χ2n) is 10.2. The Balaban J connectivity index is 1.57. The van der Waals surface area contributed by atoms with Crippen LogP contribution in [-0.4, -0.2) is 43.7 Å². The van der Waals surface area contributed by atoms with Crippen LogP contribution >= 0.6 is 0 Å². The predicted octanol–water partition coefficient (Wildman–Crippen LogP) is 2.78. The molecule has 1 aliphatic rings. The van der Waals surface area contributed by atoms with Gasteiger partial charge >= 0.3 is 5.69 Å². The van der Waals surface area contributed by atoms with E-state index in [0.29, 0.717) is 48.9 Å². The highest BCUT2D eigenvalue weighted by Gasteiger charge is 2.22. The van der Waals surface area contributed by atoms with Gasteiger partial charge in [0.05, 0.1) is 17.4 Å². The van der Waals surface area contributed by atoms with Crippen molar-refractivity contribution in [2.24, 2.45) is 5.92 Å². The number of amides is 2. The molecule has 38 heavy (non-hydrogen) atoms. The van der Waals surface area contributed by atoms with Gasteiger partial charge in [0.15, 0.2) is 0 Å². The normalized spacial score (nSPS) is 13.8. The van der Waals surface area contributed by atoms with Crippen molar-refractivity contribution >= 4 is 34.2 Å². The van der Waals surface area contributed by atoms with Crippen LogP contribution in [0.1, 0.15) is 56.0 Å². The second-order valence-corrected chi connectivity index (χ2v) is 10.2. The SMILES string of the molecule is CCCn1c(=O)c2ccc(C(=O)NCC(C)C)cc2n2c(=O)n(Cc3ccc(N4CCCC4=O)cc3)nc12. The van der Waals surface area contributed by atoms with Gasteiger partial charge in [-0.25, -0.2) is 13.9 Å². The molecule has 2 aromatic carbocycles. The van der Waals surface area contributed by atoms with Crippen molar-refractivity contribution in [2.45, 2.75) is 53.1 Å². The average molecular weight is 517 g/mol. The summed E-state index contributed by atoms with van der Waals surface area (Å²) in [6.07, 6.45) is 2.10. The van der Waals surface area contributed by atoms with E-state index in [1.807, 2.05) is 45.0 Å². The molecule has 0 unspecified atom stereocenters. The summed E-state index contributed by atoms with van der Waals surface area (Å²) >= 11 is 0. The number of hydrogen-bond acceptors (Lipinski definition) is 5. The van der Waals surface area contributed by atoms with Crippen molar-refractivity contribution in [3.05, 3.63) is 74.4 Å². The third kappa shape index (κ3) is 4.62. The van der Waals surface area contributed by atoms with Crippen molar-refractivity contribution in [1.82, 2.24) is 24.1 Å². The number of aryl methyl sites for hydroxylation is 1. The van der Waals surface area contributed by atoms with Gasteiger partial charge in [-0.1, -0.05) is 32.9 Å². The molecule has 2 aromatic heterocycles. The molecule has 1 aliphatic heterocycles. The maximum absolute atomic E-state index is 13.6. The molecule has 0 bridgehead atoms. The van der Waals surface area contributed by atoms with Crippen molar-refractivity contribution in [1.29, 1.82) is 0 Å². The second kappa shape index (κ2) is 10.3. The average Bonchev–Trinajstić information content (AvgIpc) is 3.48. The van der Waals surface area contributed by atoms with Crippen LogP contribution in [0.4, 0.5) is 5.69 Å². The molecule has 198 valence electrons. The van der Waals surface area contributed by atoms with E-state index < -0.39 is 5.69 Å². The number of carbonyl (C=O) groups excluding carboxylic acids is 2. The van der Waals surface area contributed by atoms with Crippen molar-refractivity contribution < 1.29 is 9.59 Å². The minimum absolute atomic E-state index is 0.118. The molecule has 1 saturated heterocycles. The van der Waals surface area contributed by atoms with Crippen LogP contribution in [0, 0.1) is 5.92 Å². The molecule has 0 spiro atoms. The zero-order valence-electron chi connectivity index (χ0n) is 21.9. The first-order valence-corrected chi connectivity index (χ1v) is 13.1. The third-order valence-corrected chi connectivity index (χ3v) is 6.81. The lowest BCUT2D eigenvalue weighted by Crippen LogP contribution is -2.29. The topological polar surface area (TPSA) is 111 Å². The van der Waals surface area contributed by atoms with Gasteiger partial charge in [0.25, 0.3) is 11.5 Å². The molecule has 5 rings (SSSR count). The highest BCUT2D eigenvalue weighted by Crippen LogP contribution is 2.22. The molecule has 0 atom stereocenters. The number of benzene rings is 2. The van der Waals surface area contributed by atoms with Gasteiger partial charge in [-0.05, 0) is 54.7 Å². The Morgan fingerprint density at radius 2 is 1.84 bits per heavy atom. The third-order valence-electron chi connectivity index (χ3n) is 6.81.